The van der Waals surface area contributed by atoms with Gasteiger partial charge >= 0.3 is 0 Å². The number of Topliss-reactive ketones (excluding diaryl/α,β-unsaturated/α-hetero) is 1. The number of ketones is 1. The number of aryl methyl sites for hydroxylation is 1. The topological polar surface area (TPSA) is 39.2 Å². The van der Waals surface area contributed by atoms with E-state index in [9.17, 15) is 4.79 Å². The molecule has 0 radical (unpaired) electrons. The van der Waals surface area contributed by atoms with Gasteiger partial charge in [-0.1, -0.05) is 18.5 Å². The maximum absolute atomic E-state index is 11.5. The highest BCUT2D eigenvalue weighted by atomic mass is 35.5. The Bertz CT molecular complexity index is 592. The van der Waals surface area contributed by atoms with Crippen LogP contribution in [-0.4, -0.2) is 17.4 Å². The van der Waals surface area contributed by atoms with E-state index < -0.39 is 0 Å². The Morgan fingerprint density at radius 2 is 2.05 bits per heavy atom. The van der Waals surface area contributed by atoms with Crippen LogP contribution in [0.25, 0.3) is 0 Å². The molecule has 1 aromatic carbocycles. The van der Waals surface area contributed by atoms with Gasteiger partial charge < -0.3 is 4.74 Å². The third-order valence-electron chi connectivity index (χ3n) is 2.79. The van der Waals surface area contributed by atoms with Crippen molar-refractivity contribution in [2.45, 2.75) is 26.7 Å². The monoisotopic (exact) mass is 309 g/mol. The Morgan fingerprint density at radius 1 is 1.35 bits per heavy atom. The second-order valence-electron chi connectivity index (χ2n) is 4.35. The number of benzene rings is 1. The van der Waals surface area contributed by atoms with Gasteiger partial charge in [0.05, 0.1) is 22.2 Å². The van der Waals surface area contributed by atoms with Crippen molar-refractivity contribution in [3.63, 3.8) is 0 Å². The molecule has 0 N–H and O–H groups in total. The van der Waals surface area contributed by atoms with Crippen molar-refractivity contribution in [1.29, 1.82) is 0 Å². The fourth-order valence-electron chi connectivity index (χ4n) is 1.81. The molecule has 0 saturated heterocycles. The van der Waals surface area contributed by atoms with E-state index in [1.807, 2.05) is 19.1 Å². The highest BCUT2D eigenvalue weighted by molar-refractivity contribution is 7.13. The van der Waals surface area contributed by atoms with Gasteiger partial charge in [-0.3, -0.25) is 4.79 Å². The summed E-state index contributed by atoms with van der Waals surface area (Å²) in [5.41, 5.74) is 0.893. The second kappa shape index (κ2) is 6.86. The first-order valence-electron chi connectivity index (χ1n) is 6.48. The zero-order chi connectivity index (χ0) is 14.5. The molecule has 0 fully saturated rings. The van der Waals surface area contributed by atoms with E-state index in [4.69, 9.17) is 16.3 Å². The molecule has 3 nitrogen and oxygen atoms in total. The molecule has 2 aromatic rings. The van der Waals surface area contributed by atoms with E-state index in [2.05, 4.69) is 4.98 Å². The molecule has 0 aliphatic heterocycles. The highest BCUT2D eigenvalue weighted by Crippen LogP contribution is 2.21. The molecule has 106 valence electrons. The number of nitrogens with zero attached hydrogens (tertiary/aromatic N) is 1. The van der Waals surface area contributed by atoms with E-state index in [1.165, 1.54) is 11.3 Å². The van der Waals surface area contributed by atoms with Gasteiger partial charge in [0.1, 0.15) is 5.75 Å². The Balaban J connectivity index is 1.94. The maximum Gasteiger partial charge on any atom is 0.171 e. The summed E-state index contributed by atoms with van der Waals surface area (Å²) in [6, 6.07) is 7.26. The molecule has 5 heteroatoms. The molecule has 0 amide bonds. The van der Waals surface area contributed by atoms with Crippen LogP contribution in [0.1, 0.15) is 34.2 Å². The number of hydrogen-bond donors (Lipinski definition) is 0. The minimum atomic E-state index is 0.0872. The number of rotatable bonds is 6. The van der Waals surface area contributed by atoms with Crippen LogP contribution in [0.4, 0.5) is 0 Å². The summed E-state index contributed by atoms with van der Waals surface area (Å²) in [7, 11) is 0. The summed E-state index contributed by atoms with van der Waals surface area (Å²) in [6.45, 7) is 4.13. The van der Waals surface area contributed by atoms with E-state index >= 15 is 0 Å². The first-order valence-corrected chi connectivity index (χ1v) is 7.67. The molecule has 0 unspecified atom stereocenters. The molecule has 20 heavy (non-hydrogen) atoms. The third kappa shape index (κ3) is 3.81. The summed E-state index contributed by atoms with van der Waals surface area (Å²) in [5.74, 6) is 0.873. The van der Waals surface area contributed by atoms with Crippen LogP contribution in [-0.2, 0) is 12.8 Å². The molecule has 0 bridgehead atoms. The lowest BCUT2D eigenvalue weighted by molar-refractivity contribution is 0.102. The van der Waals surface area contributed by atoms with Crippen molar-refractivity contribution in [3.8, 4) is 5.75 Å². The minimum Gasteiger partial charge on any atom is -0.493 e. The summed E-state index contributed by atoms with van der Waals surface area (Å²) in [6.07, 6.45) is 1.48. The molecular weight excluding hydrogens is 294 g/mol. The Hall–Kier alpha value is -1.39. The van der Waals surface area contributed by atoms with Gasteiger partial charge in [-0.15, -0.1) is 11.3 Å². The van der Waals surface area contributed by atoms with Crippen LogP contribution in [0.3, 0.4) is 0 Å². The fraction of sp³-hybridized carbons (Fsp3) is 0.333. The van der Waals surface area contributed by atoms with Crippen molar-refractivity contribution in [1.82, 2.24) is 4.98 Å². The zero-order valence-corrected chi connectivity index (χ0v) is 13.1. The van der Waals surface area contributed by atoms with Crippen LogP contribution in [0, 0.1) is 0 Å². The van der Waals surface area contributed by atoms with Crippen LogP contribution < -0.4 is 4.74 Å². The van der Waals surface area contributed by atoms with Gasteiger partial charge in [-0.2, -0.15) is 0 Å². The van der Waals surface area contributed by atoms with Gasteiger partial charge in [0, 0.05) is 18.4 Å². The van der Waals surface area contributed by atoms with Gasteiger partial charge in [0.15, 0.2) is 5.78 Å². The van der Waals surface area contributed by atoms with Crippen LogP contribution in [0.15, 0.2) is 24.3 Å². The predicted molar refractivity (Wildman–Crippen MR) is 82.1 cm³/mol. The quantitative estimate of drug-likeness (QED) is 0.751. The highest BCUT2D eigenvalue weighted by Gasteiger charge is 2.13. The molecule has 0 aliphatic carbocycles. The summed E-state index contributed by atoms with van der Waals surface area (Å²) in [5, 5.41) is 1.64. The average molecular weight is 310 g/mol. The molecular formula is C15H16ClNO2S. The van der Waals surface area contributed by atoms with Crippen molar-refractivity contribution in [2.75, 3.05) is 6.61 Å². The molecule has 0 saturated carbocycles. The summed E-state index contributed by atoms with van der Waals surface area (Å²) >= 11 is 7.28. The fourth-order valence-corrected chi connectivity index (χ4v) is 2.96. The van der Waals surface area contributed by atoms with Crippen molar-refractivity contribution >= 4 is 28.7 Å². The Morgan fingerprint density at radius 3 is 2.60 bits per heavy atom. The van der Waals surface area contributed by atoms with Crippen molar-refractivity contribution in [2.24, 2.45) is 0 Å². The number of hydrogen-bond acceptors (Lipinski definition) is 4. The smallest absolute Gasteiger partial charge is 0.171 e. The number of ether oxygens (including phenoxy) is 1. The lowest BCUT2D eigenvalue weighted by Crippen LogP contribution is -2.01. The van der Waals surface area contributed by atoms with Crippen LogP contribution >= 0.6 is 22.9 Å². The maximum atomic E-state index is 11.5. The lowest BCUT2D eigenvalue weighted by Gasteiger charge is -2.04. The van der Waals surface area contributed by atoms with E-state index in [1.54, 1.807) is 19.1 Å². The summed E-state index contributed by atoms with van der Waals surface area (Å²) in [4.78, 5) is 16.8. The zero-order valence-electron chi connectivity index (χ0n) is 11.5. The minimum absolute atomic E-state index is 0.0872. The number of thiazole rings is 1. The van der Waals surface area contributed by atoms with Crippen LogP contribution in [0.2, 0.25) is 5.02 Å². The average Bonchev–Trinajstić information content (AvgIpc) is 2.84. The molecule has 1 heterocycles. The van der Waals surface area contributed by atoms with E-state index in [0.29, 0.717) is 18.1 Å². The largest absolute Gasteiger partial charge is 0.493 e. The molecule has 0 atom stereocenters. The first kappa shape index (κ1) is 15.0. The number of halogens is 1. The Labute approximate surface area is 127 Å². The van der Waals surface area contributed by atoms with Gasteiger partial charge in [-0.05, 0) is 30.7 Å². The van der Waals surface area contributed by atoms with E-state index in [-0.39, 0.29) is 5.78 Å². The first-order chi connectivity index (χ1) is 9.60. The molecule has 2 rings (SSSR count). The standard InChI is InChI=1S/C15H16ClNO2S/c1-3-13-15(10(2)18)20-14(17-13)8-9-19-12-6-4-11(16)5-7-12/h4-7H,3,8-9H2,1-2H3. The molecule has 1 aromatic heterocycles. The normalized spacial score (nSPS) is 10.6. The second-order valence-corrected chi connectivity index (χ2v) is 5.87. The van der Waals surface area contributed by atoms with Crippen molar-refractivity contribution < 1.29 is 9.53 Å². The number of aromatic nitrogens is 1. The Kier molecular flexibility index (Phi) is 5.15. The molecule has 0 aliphatic rings. The lowest BCUT2D eigenvalue weighted by atomic mass is 10.2. The molecule has 0 spiro atoms. The number of carbonyl (C=O) groups excluding carboxylic acids is 1. The van der Waals surface area contributed by atoms with Gasteiger partial charge in [-0.25, -0.2) is 4.98 Å². The third-order valence-corrected chi connectivity index (χ3v) is 4.30. The van der Waals surface area contributed by atoms with Crippen LogP contribution in [0.5, 0.6) is 5.75 Å². The predicted octanol–water partition coefficient (Wildman–Crippen LogP) is 4.18. The van der Waals surface area contributed by atoms with Gasteiger partial charge in [0.2, 0.25) is 0 Å². The van der Waals surface area contributed by atoms with E-state index in [0.717, 1.165) is 27.7 Å². The van der Waals surface area contributed by atoms with Gasteiger partial charge in [0.25, 0.3) is 0 Å². The van der Waals surface area contributed by atoms with Crippen molar-refractivity contribution in [3.05, 3.63) is 44.9 Å². The summed E-state index contributed by atoms with van der Waals surface area (Å²) < 4.78 is 5.63. The SMILES string of the molecule is CCc1nc(CCOc2ccc(Cl)cc2)sc1C(C)=O. The number of carbonyl (C=O) groups is 1.